The van der Waals surface area contributed by atoms with Crippen LogP contribution in [0.5, 0.6) is 0 Å². The van der Waals surface area contributed by atoms with E-state index in [1.807, 2.05) is 18.2 Å². The lowest BCUT2D eigenvalue weighted by Gasteiger charge is -2.45. The number of hydrazine groups is 1. The van der Waals surface area contributed by atoms with E-state index in [2.05, 4.69) is 41.1 Å². The molecule has 1 aromatic rings. The fraction of sp³-hybridized carbons (Fsp3) is 0.583. The first-order valence-corrected chi connectivity index (χ1v) is 5.93. The monoisotopic (exact) mass is 235 g/mol. The zero-order valence-electron chi connectivity index (χ0n) is 10.8. The Morgan fingerprint density at radius 2 is 2.12 bits per heavy atom. The summed E-state index contributed by atoms with van der Waals surface area (Å²) in [5.41, 5.74) is 2.76. The standard InChI is InChI=1S/C12H21N5/c1-12(2)9-17(8-7-16(12)3)11-6-4-5-10(14-11)15-13/h4-6H,7-9,13H2,1-3H3,(H,14,15). The zero-order chi connectivity index (χ0) is 12.5. The number of hydrogen-bond donors (Lipinski definition) is 2. The van der Waals surface area contributed by atoms with Crippen molar-refractivity contribution >= 4 is 11.6 Å². The third-order valence-corrected chi connectivity index (χ3v) is 3.52. The third kappa shape index (κ3) is 2.50. The third-order valence-electron chi connectivity index (χ3n) is 3.52. The first-order chi connectivity index (χ1) is 8.03. The van der Waals surface area contributed by atoms with E-state index < -0.39 is 0 Å². The van der Waals surface area contributed by atoms with Crippen molar-refractivity contribution in [1.29, 1.82) is 0 Å². The minimum atomic E-state index is 0.173. The number of rotatable bonds is 2. The molecule has 0 bridgehead atoms. The van der Waals surface area contributed by atoms with E-state index in [0.29, 0.717) is 5.82 Å². The highest BCUT2D eigenvalue weighted by atomic mass is 15.3. The van der Waals surface area contributed by atoms with Gasteiger partial charge in [0.15, 0.2) is 0 Å². The van der Waals surface area contributed by atoms with E-state index in [9.17, 15) is 0 Å². The Morgan fingerprint density at radius 3 is 2.76 bits per heavy atom. The number of likely N-dealkylation sites (N-methyl/N-ethyl adjacent to an activating group) is 1. The molecule has 1 aliphatic heterocycles. The van der Waals surface area contributed by atoms with Crippen molar-refractivity contribution in [2.75, 3.05) is 37.0 Å². The van der Waals surface area contributed by atoms with Gasteiger partial charge in [0.2, 0.25) is 0 Å². The Hall–Kier alpha value is -1.33. The summed E-state index contributed by atoms with van der Waals surface area (Å²) < 4.78 is 0. The van der Waals surface area contributed by atoms with Crippen LogP contribution in [0.2, 0.25) is 0 Å². The molecule has 0 unspecified atom stereocenters. The molecule has 0 atom stereocenters. The number of anilines is 2. The summed E-state index contributed by atoms with van der Waals surface area (Å²) in [4.78, 5) is 9.17. The summed E-state index contributed by atoms with van der Waals surface area (Å²) in [6.45, 7) is 7.54. The fourth-order valence-electron chi connectivity index (χ4n) is 2.12. The van der Waals surface area contributed by atoms with Crippen LogP contribution in [0.4, 0.5) is 11.6 Å². The van der Waals surface area contributed by atoms with Gasteiger partial charge in [-0.15, -0.1) is 0 Å². The summed E-state index contributed by atoms with van der Waals surface area (Å²) in [5.74, 6) is 7.08. The Morgan fingerprint density at radius 1 is 1.35 bits per heavy atom. The Kier molecular flexibility index (Phi) is 3.22. The lowest BCUT2D eigenvalue weighted by atomic mass is 10.00. The first-order valence-electron chi connectivity index (χ1n) is 5.93. The Balaban J connectivity index is 2.17. The molecule has 1 saturated heterocycles. The average molecular weight is 235 g/mol. The molecule has 17 heavy (non-hydrogen) atoms. The maximum Gasteiger partial charge on any atom is 0.142 e. The number of hydrogen-bond acceptors (Lipinski definition) is 5. The molecule has 3 N–H and O–H groups in total. The van der Waals surface area contributed by atoms with Crippen LogP contribution in [0.25, 0.3) is 0 Å². The minimum Gasteiger partial charge on any atom is -0.353 e. The molecule has 2 heterocycles. The number of pyridine rings is 1. The van der Waals surface area contributed by atoms with Gasteiger partial charge < -0.3 is 10.3 Å². The quantitative estimate of drug-likeness (QED) is 0.589. The Labute approximate surface area is 103 Å². The van der Waals surface area contributed by atoms with Crippen molar-refractivity contribution in [3.05, 3.63) is 18.2 Å². The zero-order valence-corrected chi connectivity index (χ0v) is 10.8. The van der Waals surface area contributed by atoms with Gasteiger partial charge in [0.1, 0.15) is 11.6 Å². The van der Waals surface area contributed by atoms with Gasteiger partial charge >= 0.3 is 0 Å². The number of piperazine rings is 1. The molecule has 0 amide bonds. The number of aromatic nitrogens is 1. The van der Waals surface area contributed by atoms with E-state index in [4.69, 9.17) is 5.84 Å². The number of nitrogens with two attached hydrogens (primary N) is 1. The number of nitrogens with one attached hydrogen (secondary N) is 1. The van der Waals surface area contributed by atoms with Crippen LogP contribution in [0.1, 0.15) is 13.8 Å². The minimum absolute atomic E-state index is 0.173. The second kappa shape index (κ2) is 4.50. The van der Waals surface area contributed by atoms with Crippen molar-refractivity contribution < 1.29 is 0 Å². The highest BCUT2D eigenvalue weighted by Crippen LogP contribution is 2.23. The Bertz CT molecular complexity index is 390. The van der Waals surface area contributed by atoms with Gasteiger partial charge in [-0.05, 0) is 33.0 Å². The molecule has 0 spiro atoms. The highest BCUT2D eigenvalue weighted by molar-refractivity contribution is 5.47. The summed E-state index contributed by atoms with van der Waals surface area (Å²) >= 11 is 0. The molecule has 0 radical (unpaired) electrons. The predicted octanol–water partition coefficient (Wildman–Crippen LogP) is 0.898. The number of nitrogen functional groups attached to an aromatic ring is 1. The van der Waals surface area contributed by atoms with Gasteiger partial charge in [-0.25, -0.2) is 10.8 Å². The lowest BCUT2D eigenvalue weighted by molar-refractivity contribution is 0.138. The smallest absolute Gasteiger partial charge is 0.142 e. The first kappa shape index (κ1) is 12.1. The topological polar surface area (TPSA) is 57.4 Å². The summed E-state index contributed by atoms with van der Waals surface area (Å²) in [6, 6.07) is 5.87. The van der Waals surface area contributed by atoms with Crippen LogP contribution in [0, 0.1) is 0 Å². The van der Waals surface area contributed by atoms with Crippen molar-refractivity contribution in [3.8, 4) is 0 Å². The molecule has 5 nitrogen and oxygen atoms in total. The second-order valence-corrected chi connectivity index (χ2v) is 5.18. The van der Waals surface area contributed by atoms with E-state index in [-0.39, 0.29) is 5.54 Å². The van der Waals surface area contributed by atoms with E-state index >= 15 is 0 Å². The summed E-state index contributed by atoms with van der Waals surface area (Å²) in [6.07, 6.45) is 0. The molecule has 5 heteroatoms. The van der Waals surface area contributed by atoms with Gasteiger partial charge in [0.25, 0.3) is 0 Å². The molecular formula is C12H21N5. The molecule has 0 aliphatic carbocycles. The molecular weight excluding hydrogens is 214 g/mol. The van der Waals surface area contributed by atoms with Crippen LogP contribution >= 0.6 is 0 Å². The van der Waals surface area contributed by atoms with E-state index in [1.165, 1.54) is 0 Å². The fourth-order valence-corrected chi connectivity index (χ4v) is 2.12. The van der Waals surface area contributed by atoms with Crippen LogP contribution in [0.3, 0.4) is 0 Å². The van der Waals surface area contributed by atoms with Crippen LogP contribution in [-0.2, 0) is 0 Å². The van der Waals surface area contributed by atoms with Gasteiger partial charge in [0, 0.05) is 25.2 Å². The van der Waals surface area contributed by atoms with Gasteiger partial charge in [-0.2, -0.15) is 0 Å². The molecule has 94 valence electrons. The highest BCUT2D eigenvalue weighted by Gasteiger charge is 2.31. The van der Waals surface area contributed by atoms with Gasteiger partial charge in [0.05, 0.1) is 0 Å². The lowest BCUT2D eigenvalue weighted by Crippen LogP contribution is -2.57. The maximum atomic E-state index is 5.38. The van der Waals surface area contributed by atoms with E-state index in [0.717, 1.165) is 25.5 Å². The second-order valence-electron chi connectivity index (χ2n) is 5.18. The van der Waals surface area contributed by atoms with Gasteiger partial charge in [-0.1, -0.05) is 6.07 Å². The van der Waals surface area contributed by atoms with Crippen molar-refractivity contribution in [2.45, 2.75) is 19.4 Å². The molecule has 1 aromatic heterocycles. The maximum absolute atomic E-state index is 5.38. The molecule has 1 aliphatic rings. The normalized spacial score (nSPS) is 20.4. The number of nitrogens with zero attached hydrogens (tertiary/aromatic N) is 3. The van der Waals surface area contributed by atoms with Crippen LogP contribution in [0.15, 0.2) is 18.2 Å². The average Bonchev–Trinajstić information content (AvgIpc) is 2.32. The molecule has 2 rings (SSSR count). The van der Waals surface area contributed by atoms with Crippen LogP contribution < -0.4 is 16.2 Å². The van der Waals surface area contributed by atoms with Crippen LogP contribution in [-0.4, -0.2) is 42.1 Å². The van der Waals surface area contributed by atoms with Crippen molar-refractivity contribution in [3.63, 3.8) is 0 Å². The molecule has 0 aromatic carbocycles. The predicted molar refractivity (Wildman–Crippen MR) is 71.0 cm³/mol. The summed E-state index contributed by atoms with van der Waals surface area (Å²) in [5, 5.41) is 0. The van der Waals surface area contributed by atoms with Crippen molar-refractivity contribution in [2.24, 2.45) is 5.84 Å². The molecule has 0 saturated carbocycles. The van der Waals surface area contributed by atoms with Crippen molar-refractivity contribution in [1.82, 2.24) is 9.88 Å². The molecule has 1 fully saturated rings. The largest absolute Gasteiger partial charge is 0.353 e. The summed E-state index contributed by atoms with van der Waals surface area (Å²) in [7, 11) is 2.17. The van der Waals surface area contributed by atoms with Gasteiger partial charge in [-0.3, -0.25) is 4.90 Å². The van der Waals surface area contributed by atoms with E-state index in [1.54, 1.807) is 0 Å². The SMILES string of the molecule is CN1CCN(c2cccc(NN)n2)CC1(C)C.